The van der Waals surface area contributed by atoms with Gasteiger partial charge in [-0.05, 0) is 30.9 Å². The molecule has 2 N–H and O–H groups in total. The average molecular weight is 299 g/mol. The maximum absolute atomic E-state index is 10.8. The summed E-state index contributed by atoms with van der Waals surface area (Å²) < 4.78 is 0. The Morgan fingerprint density at radius 3 is 2.65 bits per heavy atom. The second kappa shape index (κ2) is 7.23. The Morgan fingerprint density at radius 1 is 1.20 bits per heavy atom. The summed E-state index contributed by atoms with van der Waals surface area (Å²) in [6.45, 7) is 4.43. The molecule has 0 unspecified atom stereocenters. The Balaban J connectivity index is 1.95. The summed E-state index contributed by atoms with van der Waals surface area (Å²) in [4.78, 5) is 25.5. The number of carbonyl (C=O) groups excluding carboxylic acids is 1. The highest BCUT2D eigenvalue weighted by molar-refractivity contribution is 6.28. The molecule has 2 heterocycles. The van der Waals surface area contributed by atoms with Gasteiger partial charge >= 0.3 is 0 Å². The number of hydrogen-bond donors (Lipinski definition) is 2. The highest BCUT2D eigenvalue weighted by Crippen LogP contribution is 2.18. The smallest absolute Gasteiger partial charge is 0.231 e. The zero-order chi connectivity index (χ0) is 14.4. The first-order valence-electron chi connectivity index (χ1n) is 6.80. The quantitative estimate of drug-likeness (QED) is 0.791. The van der Waals surface area contributed by atoms with Gasteiger partial charge in [0.25, 0.3) is 0 Å². The largest absolute Gasteiger partial charge is 0.355 e. The lowest BCUT2D eigenvalue weighted by Crippen LogP contribution is -2.31. The predicted molar refractivity (Wildman–Crippen MR) is 78.1 cm³/mol. The number of aromatic nitrogens is 3. The van der Waals surface area contributed by atoms with Crippen molar-refractivity contribution in [3.63, 3.8) is 0 Å². The summed E-state index contributed by atoms with van der Waals surface area (Å²) >= 11 is 5.93. The van der Waals surface area contributed by atoms with E-state index >= 15 is 0 Å². The average Bonchev–Trinajstić information content (AvgIpc) is 2.44. The molecule has 1 aromatic heterocycles. The summed E-state index contributed by atoms with van der Waals surface area (Å²) in [6.07, 6.45) is 3.54. The molecular formula is C12H19ClN6O. The van der Waals surface area contributed by atoms with Gasteiger partial charge in [0.15, 0.2) is 0 Å². The summed E-state index contributed by atoms with van der Waals surface area (Å²) in [7, 11) is 0. The molecular weight excluding hydrogens is 280 g/mol. The van der Waals surface area contributed by atoms with Crippen molar-refractivity contribution in [1.29, 1.82) is 0 Å². The maximum Gasteiger partial charge on any atom is 0.231 e. The summed E-state index contributed by atoms with van der Waals surface area (Å²) in [6, 6.07) is 0. The predicted octanol–water partition coefficient (Wildman–Crippen LogP) is 1.06. The summed E-state index contributed by atoms with van der Waals surface area (Å²) in [5.74, 6) is 0.997. The van der Waals surface area contributed by atoms with Crippen LogP contribution in [0.25, 0.3) is 0 Å². The van der Waals surface area contributed by atoms with E-state index in [0.29, 0.717) is 25.0 Å². The molecule has 0 saturated carbocycles. The molecule has 1 aliphatic rings. The van der Waals surface area contributed by atoms with Gasteiger partial charge in [-0.1, -0.05) is 0 Å². The van der Waals surface area contributed by atoms with Crippen LogP contribution in [0.2, 0.25) is 5.28 Å². The second-order valence-electron chi connectivity index (χ2n) is 4.69. The Kier molecular flexibility index (Phi) is 5.34. The van der Waals surface area contributed by atoms with Gasteiger partial charge in [0, 0.05) is 33.1 Å². The molecule has 0 aromatic carbocycles. The molecule has 8 heteroatoms. The third-order valence-electron chi connectivity index (χ3n) is 3.02. The molecule has 2 rings (SSSR count). The molecule has 0 aliphatic carbocycles. The molecule has 1 amide bonds. The number of nitrogens with zero attached hydrogens (tertiary/aromatic N) is 4. The lowest BCUT2D eigenvalue weighted by atomic mass is 10.1. The van der Waals surface area contributed by atoms with Crippen molar-refractivity contribution in [2.75, 3.05) is 36.4 Å². The van der Waals surface area contributed by atoms with Gasteiger partial charge in [0.1, 0.15) is 0 Å². The molecule has 1 aliphatic heterocycles. The standard InChI is InChI=1S/C12H19ClN6O/c1-9(20)14-5-6-15-11-16-10(13)17-12(18-11)19-7-3-2-4-8-19/h2-8H2,1H3,(H,14,20)(H,15,16,17,18). The number of hydrogen-bond acceptors (Lipinski definition) is 6. The zero-order valence-electron chi connectivity index (χ0n) is 11.5. The van der Waals surface area contributed by atoms with Gasteiger partial charge in [0.05, 0.1) is 0 Å². The van der Waals surface area contributed by atoms with E-state index in [1.165, 1.54) is 13.3 Å². The van der Waals surface area contributed by atoms with Crippen molar-refractivity contribution in [2.45, 2.75) is 26.2 Å². The lowest BCUT2D eigenvalue weighted by molar-refractivity contribution is -0.118. The molecule has 20 heavy (non-hydrogen) atoms. The summed E-state index contributed by atoms with van der Waals surface area (Å²) in [5, 5.41) is 5.91. The van der Waals surface area contributed by atoms with Crippen molar-refractivity contribution >= 4 is 29.4 Å². The highest BCUT2D eigenvalue weighted by Gasteiger charge is 2.15. The van der Waals surface area contributed by atoms with Crippen molar-refractivity contribution in [3.05, 3.63) is 5.28 Å². The Morgan fingerprint density at radius 2 is 1.95 bits per heavy atom. The molecule has 0 atom stereocenters. The van der Waals surface area contributed by atoms with Crippen LogP contribution >= 0.6 is 11.6 Å². The lowest BCUT2D eigenvalue weighted by Gasteiger charge is -2.26. The first-order valence-corrected chi connectivity index (χ1v) is 7.18. The van der Waals surface area contributed by atoms with Crippen LogP contribution in [-0.4, -0.2) is 47.0 Å². The topological polar surface area (TPSA) is 83.0 Å². The minimum Gasteiger partial charge on any atom is -0.355 e. The third kappa shape index (κ3) is 4.48. The zero-order valence-corrected chi connectivity index (χ0v) is 12.3. The van der Waals surface area contributed by atoms with Gasteiger partial charge < -0.3 is 15.5 Å². The first-order chi connectivity index (χ1) is 9.65. The van der Waals surface area contributed by atoms with Crippen molar-refractivity contribution in [3.8, 4) is 0 Å². The molecule has 1 fully saturated rings. The van der Waals surface area contributed by atoms with Crippen LogP contribution in [0.5, 0.6) is 0 Å². The molecule has 0 spiro atoms. The molecule has 1 saturated heterocycles. The highest BCUT2D eigenvalue weighted by atomic mass is 35.5. The van der Waals surface area contributed by atoms with Crippen LogP contribution in [0.4, 0.5) is 11.9 Å². The summed E-state index contributed by atoms with van der Waals surface area (Å²) in [5.41, 5.74) is 0. The van der Waals surface area contributed by atoms with Gasteiger partial charge in [-0.3, -0.25) is 4.79 Å². The van der Waals surface area contributed by atoms with E-state index in [1.54, 1.807) is 0 Å². The molecule has 0 bridgehead atoms. The van der Waals surface area contributed by atoms with Crippen LogP contribution in [-0.2, 0) is 4.79 Å². The molecule has 7 nitrogen and oxygen atoms in total. The Hall–Kier alpha value is -1.63. The third-order valence-corrected chi connectivity index (χ3v) is 3.19. The number of anilines is 2. The Bertz CT molecular complexity index is 463. The van der Waals surface area contributed by atoms with E-state index in [1.807, 2.05) is 0 Å². The van der Waals surface area contributed by atoms with E-state index in [0.717, 1.165) is 25.9 Å². The number of nitrogens with one attached hydrogen (secondary N) is 2. The fraction of sp³-hybridized carbons (Fsp3) is 0.667. The van der Waals surface area contributed by atoms with E-state index in [-0.39, 0.29) is 11.2 Å². The van der Waals surface area contributed by atoms with Gasteiger partial charge in [-0.15, -0.1) is 0 Å². The second-order valence-corrected chi connectivity index (χ2v) is 5.02. The maximum atomic E-state index is 10.8. The van der Waals surface area contributed by atoms with Crippen molar-refractivity contribution < 1.29 is 4.79 Å². The monoisotopic (exact) mass is 298 g/mol. The van der Waals surface area contributed by atoms with Crippen LogP contribution in [0, 0.1) is 0 Å². The van der Waals surface area contributed by atoms with Crippen LogP contribution in [0.3, 0.4) is 0 Å². The number of carbonyl (C=O) groups is 1. The van der Waals surface area contributed by atoms with E-state index < -0.39 is 0 Å². The molecule has 110 valence electrons. The van der Waals surface area contributed by atoms with E-state index in [2.05, 4.69) is 30.5 Å². The van der Waals surface area contributed by atoms with E-state index in [9.17, 15) is 4.79 Å². The van der Waals surface area contributed by atoms with Gasteiger partial charge in [-0.2, -0.15) is 15.0 Å². The van der Waals surface area contributed by atoms with Gasteiger partial charge in [-0.25, -0.2) is 0 Å². The van der Waals surface area contributed by atoms with Crippen LogP contribution in [0.1, 0.15) is 26.2 Å². The van der Waals surface area contributed by atoms with Crippen molar-refractivity contribution in [1.82, 2.24) is 20.3 Å². The minimum absolute atomic E-state index is 0.0607. The van der Waals surface area contributed by atoms with Crippen LogP contribution in [0.15, 0.2) is 0 Å². The number of halogens is 1. The van der Waals surface area contributed by atoms with Crippen molar-refractivity contribution in [2.24, 2.45) is 0 Å². The Labute approximate surface area is 123 Å². The minimum atomic E-state index is -0.0607. The van der Waals surface area contributed by atoms with Gasteiger partial charge in [0.2, 0.25) is 23.1 Å². The SMILES string of the molecule is CC(=O)NCCNc1nc(Cl)nc(N2CCCCC2)n1. The fourth-order valence-electron chi connectivity index (χ4n) is 2.07. The fourth-order valence-corrected chi connectivity index (χ4v) is 2.22. The normalized spacial score (nSPS) is 15.0. The first kappa shape index (κ1) is 14.8. The van der Waals surface area contributed by atoms with Crippen LogP contribution < -0.4 is 15.5 Å². The number of amides is 1. The molecule has 1 aromatic rings. The number of rotatable bonds is 5. The molecule has 0 radical (unpaired) electrons. The number of piperidine rings is 1. The van der Waals surface area contributed by atoms with E-state index in [4.69, 9.17) is 11.6 Å².